The van der Waals surface area contributed by atoms with Crippen molar-refractivity contribution < 1.29 is 9.53 Å². The lowest BCUT2D eigenvalue weighted by molar-refractivity contribution is -0.127. The van der Waals surface area contributed by atoms with Crippen LogP contribution in [0.15, 0.2) is 53.6 Å². The highest BCUT2D eigenvalue weighted by atomic mass is 16.5. The average molecular weight is 349 g/mol. The summed E-state index contributed by atoms with van der Waals surface area (Å²) in [4.78, 5) is 12.0. The van der Waals surface area contributed by atoms with Crippen LogP contribution in [0.2, 0.25) is 0 Å². The molecule has 134 valence electrons. The predicted octanol–water partition coefficient (Wildman–Crippen LogP) is 3.77. The van der Waals surface area contributed by atoms with Crippen molar-refractivity contribution >= 4 is 12.1 Å². The van der Waals surface area contributed by atoms with E-state index in [-0.39, 0.29) is 11.3 Å². The number of hydrogen-bond donors (Lipinski definition) is 1. The molecule has 1 atom stereocenters. The number of nitrogens with one attached hydrogen (secondary N) is 1. The first-order valence-corrected chi connectivity index (χ1v) is 8.40. The van der Waals surface area contributed by atoms with Crippen molar-refractivity contribution in [2.24, 2.45) is 5.10 Å². The molecule has 0 bridgehead atoms. The normalized spacial score (nSPS) is 12.4. The molecular weight excluding hydrogens is 326 g/mol. The zero-order chi connectivity index (χ0) is 19.2. The van der Waals surface area contributed by atoms with E-state index in [1.165, 1.54) is 5.56 Å². The summed E-state index contributed by atoms with van der Waals surface area (Å²) in [6, 6.07) is 16.7. The smallest absolute Gasteiger partial charge is 0.280 e. The Labute approximate surface area is 154 Å². The fourth-order valence-corrected chi connectivity index (χ4v) is 2.20. The van der Waals surface area contributed by atoms with E-state index in [4.69, 9.17) is 10.00 Å². The molecule has 0 aromatic heterocycles. The predicted molar refractivity (Wildman–Crippen MR) is 102 cm³/mol. The second kappa shape index (κ2) is 8.30. The maximum Gasteiger partial charge on any atom is 0.280 e. The number of amides is 1. The van der Waals surface area contributed by atoms with E-state index in [0.29, 0.717) is 11.3 Å². The lowest BCUT2D eigenvalue weighted by Crippen LogP contribution is -2.33. The minimum Gasteiger partial charge on any atom is -0.481 e. The van der Waals surface area contributed by atoms with Crippen LogP contribution in [0.4, 0.5) is 0 Å². The summed E-state index contributed by atoms with van der Waals surface area (Å²) in [6.07, 6.45) is 0.891. The van der Waals surface area contributed by atoms with Crippen molar-refractivity contribution in [1.82, 2.24) is 5.43 Å². The van der Waals surface area contributed by atoms with Gasteiger partial charge in [-0.2, -0.15) is 10.4 Å². The maximum absolute atomic E-state index is 12.0. The Balaban J connectivity index is 1.88. The summed E-state index contributed by atoms with van der Waals surface area (Å²) in [6.45, 7) is 8.11. The molecule has 0 radical (unpaired) electrons. The van der Waals surface area contributed by atoms with Crippen LogP contribution in [0.5, 0.6) is 5.75 Å². The van der Waals surface area contributed by atoms with Crippen LogP contribution >= 0.6 is 0 Å². The van der Waals surface area contributed by atoms with Crippen LogP contribution in [0, 0.1) is 11.3 Å². The summed E-state index contributed by atoms with van der Waals surface area (Å²) in [7, 11) is 0. The van der Waals surface area contributed by atoms with Gasteiger partial charge in [-0.3, -0.25) is 4.79 Å². The molecule has 2 aromatic rings. The summed E-state index contributed by atoms with van der Waals surface area (Å²) in [5, 5.41) is 12.7. The van der Waals surface area contributed by atoms with Gasteiger partial charge in [0, 0.05) is 0 Å². The highest BCUT2D eigenvalue weighted by Crippen LogP contribution is 2.21. The fraction of sp³-hybridized carbons (Fsp3) is 0.286. The zero-order valence-electron chi connectivity index (χ0n) is 15.5. The fourth-order valence-electron chi connectivity index (χ4n) is 2.20. The second-order valence-electron chi connectivity index (χ2n) is 7.00. The van der Waals surface area contributed by atoms with E-state index in [0.717, 1.165) is 5.56 Å². The molecule has 5 heteroatoms. The van der Waals surface area contributed by atoms with Crippen molar-refractivity contribution in [2.75, 3.05) is 0 Å². The Bertz CT molecular complexity index is 810. The van der Waals surface area contributed by atoms with Crippen molar-refractivity contribution in [1.29, 1.82) is 5.26 Å². The lowest BCUT2D eigenvalue weighted by atomic mass is 9.87. The number of rotatable bonds is 5. The Hall–Kier alpha value is -3.13. The van der Waals surface area contributed by atoms with Gasteiger partial charge in [-0.15, -0.1) is 0 Å². The summed E-state index contributed by atoms with van der Waals surface area (Å²) >= 11 is 0. The number of benzene rings is 2. The van der Waals surface area contributed by atoms with Gasteiger partial charge >= 0.3 is 0 Å². The molecule has 0 saturated heterocycles. The van der Waals surface area contributed by atoms with Crippen LogP contribution in [0.3, 0.4) is 0 Å². The molecule has 0 aliphatic carbocycles. The van der Waals surface area contributed by atoms with Gasteiger partial charge in [-0.05, 0) is 47.7 Å². The third-order valence-corrected chi connectivity index (χ3v) is 3.83. The van der Waals surface area contributed by atoms with Crippen LogP contribution in [0.25, 0.3) is 0 Å². The molecule has 0 fully saturated rings. The molecule has 1 unspecified atom stereocenters. The number of carbonyl (C=O) groups is 1. The van der Waals surface area contributed by atoms with E-state index in [1.807, 2.05) is 18.2 Å². The molecule has 1 amide bonds. The van der Waals surface area contributed by atoms with Crippen molar-refractivity contribution in [3.63, 3.8) is 0 Å². The Kier molecular flexibility index (Phi) is 6.13. The number of nitrogens with zero attached hydrogens (tertiary/aromatic N) is 2. The van der Waals surface area contributed by atoms with E-state index in [9.17, 15) is 4.79 Å². The highest BCUT2D eigenvalue weighted by molar-refractivity contribution is 5.84. The monoisotopic (exact) mass is 349 g/mol. The quantitative estimate of drug-likeness (QED) is 0.659. The topological polar surface area (TPSA) is 74.5 Å². The van der Waals surface area contributed by atoms with Gasteiger partial charge < -0.3 is 4.74 Å². The van der Waals surface area contributed by atoms with Gasteiger partial charge in [0.1, 0.15) is 5.75 Å². The molecule has 0 aliphatic heterocycles. The van der Waals surface area contributed by atoms with E-state index < -0.39 is 6.10 Å². The van der Waals surface area contributed by atoms with Crippen molar-refractivity contribution in [3.8, 4) is 11.8 Å². The van der Waals surface area contributed by atoms with Gasteiger partial charge in [0.25, 0.3) is 5.91 Å². The molecule has 0 heterocycles. The van der Waals surface area contributed by atoms with Gasteiger partial charge in [0.05, 0.1) is 17.8 Å². The van der Waals surface area contributed by atoms with Crippen molar-refractivity contribution in [3.05, 3.63) is 65.2 Å². The number of hydrazone groups is 1. The van der Waals surface area contributed by atoms with Gasteiger partial charge in [-0.1, -0.05) is 45.0 Å². The molecular formula is C21H23N3O2. The van der Waals surface area contributed by atoms with Gasteiger partial charge in [0.15, 0.2) is 6.10 Å². The molecule has 5 nitrogen and oxygen atoms in total. The SMILES string of the molecule is CC(Oc1ccc(C#N)cc1)C(=O)N/N=C/c1ccc(C(C)(C)C)cc1. The Morgan fingerprint density at radius 2 is 1.77 bits per heavy atom. The summed E-state index contributed by atoms with van der Waals surface area (Å²) in [5.41, 5.74) is 5.25. The molecule has 2 aromatic carbocycles. The second-order valence-corrected chi connectivity index (χ2v) is 7.00. The standard InChI is InChI=1S/C21H23N3O2/c1-15(26-19-11-7-16(13-22)8-12-19)20(25)24-23-14-17-5-9-18(10-6-17)21(2,3)4/h5-12,14-15H,1-4H3,(H,24,25)/b23-14+. The molecule has 0 saturated carbocycles. The third-order valence-electron chi connectivity index (χ3n) is 3.83. The first-order valence-electron chi connectivity index (χ1n) is 8.40. The molecule has 0 spiro atoms. The zero-order valence-corrected chi connectivity index (χ0v) is 15.5. The minimum absolute atomic E-state index is 0.0993. The number of nitriles is 1. The van der Waals surface area contributed by atoms with E-state index >= 15 is 0 Å². The van der Waals surface area contributed by atoms with Crippen LogP contribution < -0.4 is 10.2 Å². The average Bonchev–Trinajstić information content (AvgIpc) is 2.62. The Morgan fingerprint density at radius 1 is 1.15 bits per heavy atom. The van der Waals surface area contributed by atoms with Gasteiger partial charge in [-0.25, -0.2) is 5.43 Å². The number of hydrogen-bond acceptors (Lipinski definition) is 4. The van der Waals surface area contributed by atoms with Crippen molar-refractivity contribution in [2.45, 2.75) is 39.2 Å². The first kappa shape index (κ1) is 19.2. The lowest BCUT2D eigenvalue weighted by Gasteiger charge is -2.18. The largest absolute Gasteiger partial charge is 0.481 e. The van der Waals surface area contributed by atoms with Crippen LogP contribution in [-0.4, -0.2) is 18.2 Å². The summed E-state index contributed by atoms with van der Waals surface area (Å²) in [5.74, 6) is 0.172. The molecule has 26 heavy (non-hydrogen) atoms. The number of carbonyl (C=O) groups excluding carboxylic acids is 1. The molecule has 2 rings (SSSR count). The Morgan fingerprint density at radius 3 is 2.31 bits per heavy atom. The minimum atomic E-state index is -0.705. The van der Waals surface area contributed by atoms with E-state index in [2.05, 4.69) is 43.4 Å². The highest BCUT2D eigenvalue weighted by Gasteiger charge is 2.14. The maximum atomic E-state index is 12.0. The summed E-state index contributed by atoms with van der Waals surface area (Å²) < 4.78 is 5.54. The van der Waals surface area contributed by atoms with Crippen LogP contribution in [-0.2, 0) is 10.2 Å². The van der Waals surface area contributed by atoms with E-state index in [1.54, 1.807) is 37.4 Å². The van der Waals surface area contributed by atoms with Crippen LogP contribution in [0.1, 0.15) is 44.4 Å². The first-order chi connectivity index (χ1) is 12.3. The van der Waals surface area contributed by atoms with Gasteiger partial charge in [0.2, 0.25) is 0 Å². The molecule has 0 aliphatic rings. The number of ether oxygens (including phenoxy) is 1. The third kappa shape index (κ3) is 5.45. The molecule has 1 N–H and O–H groups in total.